The van der Waals surface area contributed by atoms with Crippen molar-refractivity contribution in [3.05, 3.63) is 12.7 Å². The number of piperidine rings is 1. The minimum absolute atomic E-state index is 0.872. The normalized spacial score (nSPS) is 20.4. The molecule has 1 unspecified atom stereocenters. The van der Waals surface area contributed by atoms with E-state index in [-0.39, 0.29) is 0 Å². The molecule has 1 nitrogen and oxygen atoms in total. The molecule has 1 rings (SSSR count). The van der Waals surface area contributed by atoms with Crippen LogP contribution < -0.4 is 0 Å². The second kappa shape index (κ2) is 8.79. The molecule has 0 amide bonds. The molecule has 1 aliphatic heterocycles. The predicted molar refractivity (Wildman–Crippen MR) is 86.2 cm³/mol. The Hall–Kier alpha value is -0.300. The van der Waals surface area contributed by atoms with Gasteiger partial charge >= 0.3 is 0 Å². The first-order valence-corrected chi connectivity index (χ1v) is 8.54. The lowest BCUT2D eigenvalue weighted by Gasteiger charge is -2.42. The van der Waals surface area contributed by atoms with Crippen LogP contribution in [0.15, 0.2) is 12.7 Å². The first-order valence-electron chi connectivity index (χ1n) is 8.54. The largest absolute Gasteiger partial charge is 0.320 e. The summed E-state index contributed by atoms with van der Waals surface area (Å²) < 4.78 is 1.33. The molecule has 1 heterocycles. The molecule has 0 aromatic heterocycles. The molecule has 0 N–H and O–H groups in total. The van der Waals surface area contributed by atoms with Crippen LogP contribution in [0.25, 0.3) is 0 Å². The van der Waals surface area contributed by atoms with Crippen LogP contribution in [0.2, 0.25) is 0 Å². The van der Waals surface area contributed by atoms with Gasteiger partial charge < -0.3 is 4.48 Å². The molecule has 0 bridgehead atoms. The highest BCUT2D eigenvalue weighted by Gasteiger charge is 2.30. The number of hydrogen-bond donors (Lipinski definition) is 0. The van der Waals surface area contributed by atoms with E-state index in [1.54, 1.807) is 0 Å². The fraction of sp³-hybridized carbons (Fsp3) is 0.889. The van der Waals surface area contributed by atoms with Crippen molar-refractivity contribution in [3.8, 4) is 0 Å². The van der Waals surface area contributed by atoms with Crippen LogP contribution in [-0.2, 0) is 0 Å². The summed E-state index contributed by atoms with van der Waals surface area (Å²) in [6.45, 7) is 16.5. The molecule has 1 saturated heterocycles. The lowest BCUT2D eigenvalue weighted by atomic mass is 9.97. The van der Waals surface area contributed by atoms with Crippen molar-refractivity contribution in [2.45, 2.75) is 65.7 Å². The van der Waals surface area contributed by atoms with Crippen molar-refractivity contribution in [3.63, 3.8) is 0 Å². The maximum atomic E-state index is 3.99. The summed E-state index contributed by atoms with van der Waals surface area (Å²) >= 11 is 0. The molecular formula is C18H36N+. The zero-order valence-corrected chi connectivity index (χ0v) is 13.7. The van der Waals surface area contributed by atoms with Gasteiger partial charge in [-0.05, 0) is 37.7 Å². The number of nitrogens with zero attached hydrogens (tertiary/aromatic N) is 1. The fourth-order valence-electron chi connectivity index (χ4n) is 3.69. The van der Waals surface area contributed by atoms with Gasteiger partial charge in [-0.2, -0.15) is 0 Å². The molecule has 1 aliphatic rings. The average molecular weight is 266 g/mol. The molecular weight excluding hydrogens is 230 g/mol. The lowest BCUT2D eigenvalue weighted by Crippen LogP contribution is -2.53. The van der Waals surface area contributed by atoms with E-state index in [1.807, 2.05) is 0 Å². The Bertz CT molecular complexity index is 238. The van der Waals surface area contributed by atoms with Gasteiger partial charge in [-0.1, -0.05) is 46.6 Å². The van der Waals surface area contributed by atoms with Crippen molar-refractivity contribution < 1.29 is 4.48 Å². The third-order valence-corrected chi connectivity index (χ3v) is 4.71. The maximum absolute atomic E-state index is 3.99. The number of rotatable bonds is 9. The van der Waals surface area contributed by atoms with Gasteiger partial charge in [0.05, 0.1) is 26.2 Å². The quantitative estimate of drug-likeness (QED) is 0.312. The van der Waals surface area contributed by atoms with E-state index in [4.69, 9.17) is 0 Å². The van der Waals surface area contributed by atoms with Crippen LogP contribution in [0.1, 0.15) is 65.7 Å². The van der Waals surface area contributed by atoms with E-state index < -0.39 is 0 Å². The summed E-state index contributed by atoms with van der Waals surface area (Å²) in [5.74, 6) is 1.75. The molecule has 1 fully saturated rings. The van der Waals surface area contributed by atoms with Gasteiger partial charge in [0.25, 0.3) is 0 Å². The molecule has 19 heavy (non-hydrogen) atoms. The van der Waals surface area contributed by atoms with E-state index in [1.165, 1.54) is 75.6 Å². The van der Waals surface area contributed by atoms with Crippen molar-refractivity contribution >= 4 is 0 Å². The summed E-state index contributed by atoms with van der Waals surface area (Å²) in [5.41, 5.74) is 0. The summed E-state index contributed by atoms with van der Waals surface area (Å²) in [6.07, 6.45) is 12.1. The minimum atomic E-state index is 0.872. The monoisotopic (exact) mass is 266 g/mol. The average Bonchev–Trinajstić information content (AvgIpc) is 2.36. The van der Waals surface area contributed by atoms with Crippen LogP contribution in [0.5, 0.6) is 0 Å². The number of unbranched alkanes of at least 4 members (excludes halogenated alkanes) is 1. The summed E-state index contributed by atoms with van der Waals surface area (Å²) in [4.78, 5) is 0. The second-order valence-corrected chi connectivity index (χ2v) is 7.29. The third-order valence-electron chi connectivity index (χ3n) is 4.71. The molecule has 112 valence electrons. The smallest absolute Gasteiger partial charge is 0.0971 e. The second-order valence-electron chi connectivity index (χ2n) is 7.29. The van der Waals surface area contributed by atoms with Crippen LogP contribution in [0.4, 0.5) is 0 Å². The standard InChI is InChI=1S/C18H36N/c1-5-13-19(14-9-6-10-15-19)16-18(4)12-8-7-11-17(2)3/h5,17-18H,1,6-16H2,2-4H3/q+1. The SMILES string of the molecule is C=CC[N+]1(CC(C)CCCCC(C)C)CCCCC1. The Kier molecular flexibility index (Phi) is 7.75. The van der Waals surface area contributed by atoms with Crippen LogP contribution in [0, 0.1) is 11.8 Å². The van der Waals surface area contributed by atoms with Gasteiger partial charge in [0, 0.05) is 5.92 Å². The lowest BCUT2D eigenvalue weighted by molar-refractivity contribution is -0.930. The molecule has 0 saturated carbocycles. The molecule has 0 aliphatic carbocycles. The van der Waals surface area contributed by atoms with Gasteiger partial charge in [0.1, 0.15) is 0 Å². The van der Waals surface area contributed by atoms with Gasteiger partial charge in [-0.25, -0.2) is 0 Å². The first kappa shape index (κ1) is 16.8. The molecule has 0 radical (unpaired) electrons. The van der Waals surface area contributed by atoms with Gasteiger partial charge in [0.2, 0.25) is 0 Å². The molecule has 1 heteroatoms. The topological polar surface area (TPSA) is 0 Å². The van der Waals surface area contributed by atoms with Crippen molar-refractivity contribution in [2.75, 3.05) is 26.2 Å². The first-order chi connectivity index (χ1) is 9.08. The minimum Gasteiger partial charge on any atom is -0.320 e. The highest BCUT2D eigenvalue weighted by atomic mass is 15.4. The van der Waals surface area contributed by atoms with Gasteiger partial charge in [-0.3, -0.25) is 0 Å². The molecule has 0 aromatic rings. The van der Waals surface area contributed by atoms with Crippen LogP contribution >= 0.6 is 0 Å². The molecule has 0 aromatic carbocycles. The number of quaternary nitrogens is 1. The van der Waals surface area contributed by atoms with E-state index in [0.29, 0.717) is 0 Å². The number of likely N-dealkylation sites (tertiary alicyclic amines) is 1. The predicted octanol–water partition coefficient (Wildman–Crippen LogP) is 5.03. The highest BCUT2D eigenvalue weighted by Crippen LogP contribution is 2.23. The summed E-state index contributed by atoms with van der Waals surface area (Å²) in [5, 5.41) is 0. The van der Waals surface area contributed by atoms with Crippen molar-refractivity contribution in [2.24, 2.45) is 11.8 Å². The van der Waals surface area contributed by atoms with E-state index in [0.717, 1.165) is 11.8 Å². The zero-order chi connectivity index (χ0) is 14.1. The summed E-state index contributed by atoms with van der Waals surface area (Å²) in [6, 6.07) is 0. The van der Waals surface area contributed by atoms with Crippen LogP contribution in [0.3, 0.4) is 0 Å². The maximum Gasteiger partial charge on any atom is 0.0971 e. The van der Waals surface area contributed by atoms with Crippen molar-refractivity contribution in [1.82, 2.24) is 0 Å². The Labute approximate surface area is 121 Å². The molecule has 0 spiro atoms. The fourth-order valence-corrected chi connectivity index (χ4v) is 3.69. The molecule has 1 atom stereocenters. The van der Waals surface area contributed by atoms with E-state index in [9.17, 15) is 0 Å². The van der Waals surface area contributed by atoms with Gasteiger partial charge in [0.15, 0.2) is 0 Å². The highest BCUT2D eigenvalue weighted by molar-refractivity contribution is 4.69. The Morgan fingerprint density at radius 1 is 1.00 bits per heavy atom. The van der Waals surface area contributed by atoms with Crippen molar-refractivity contribution in [1.29, 1.82) is 0 Å². The van der Waals surface area contributed by atoms with Gasteiger partial charge in [-0.15, -0.1) is 0 Å². The Morgan fingerprint density at radius 3 is 2.21 bits per heavy atom. The summed E-state index contributed by atoms with van der Waals surface area (Å²) in [7, 11) is 0. The van der Waals surface area contributed by atoms with Crippen LogP contribution in [-0.4, -0.2) is 30.7 Å². The Morgan fingerprint density at radius 2 is 1.63 bits per heavy atom. The number of hydrogen-bond acceptors (Lipinski definition) is 0. The zero-order valence-electron chi connectivity index (χ0n) is 13.7. The third kappa shape index (κ3) is 6.61. The Balaban J connectivity index is 2.30. The van der Waals surface area contributed by atoms with E-state index >= 15 is 0 Å². The van der Waals surface area contributed by atoms with E-state index in [2.05, 4.69) is 33.4 Å².